The van der Waals surface area contributed by atoms with Gasteiger partial charge in [0.1, 0.15) is 0 Å². The van der Waals surface area contributed by atoms with Gasteiger partial charge in [0.2, 0.25) is 0 Å². The van der Waals surface area contributed by atoms with Crippen LogP contribution >= 0.6 is 0 Å². The normalized spacial score (nSPS) is 14.8. The minimum absolute atomic E-state index is 0.138. The van der Waals surface area contributed by atoms with Crippen molar-refractivity contribution >= 4 is 60.5 Å². The Hall–Kier alpha value is -7.03. The lowest BCUT2D eigenvalue weighted by Crippen LogP contribution is -2.14. The number of hydrogen-bond acceptors (Lipinski definition) is 1. The molecule has 0 saturated heterocycles. The largest absolute Gasteiger partial charge is 0.306 e. The number of aliphatic imine (C=N–C) groups is 1. The van der Waals surface area contributed by atoms with E-state index in [1.807, 2.05) is 6.07 Å². The van der Waals surface area contributed by atoms with Gasteiger partial charge in [-0.1, -0.05) is 172 Å². The van der Waals surface area contributed by atoms with Crippen molar-refractivity contribution in [1.29, 1.82) is 0 Å². The lowest BCUT2D eigenvalue weighted by atomic mass is 9.81. The second-order valence-corrected chi connectivity index (χ2v) is 15.6. The van der Waals surface area contributed by atoms with Crippen molar-refractivity contribution in [3.05, 3.63) is 216 Å². The average molecular weight is 715 g/mol. The van der Waals surface area contributed by atoms with Crippen LogP contribution in [-0.2, 0) is 5.41 Å². The second-order valence-electron chi connectivity index (χ2n) is 15.6. The summed E-state index contributed by atoms with van der Waals surface area (Å²) in [7, 11) is 0. The molecule has 0 fully saturated rings. The Balaban J connectivity index is 1.35. The molecule has 264 valence electrons. The summed E-state index contributed by atoms with van der Waals surface area (Å²) in [6.45, 7) is 9.30. The molecule has 1 aliphatic heterocycles. The number of fused-ring (bicyclic) bond motifs is 10. The Morgan fingerprint density at radius 2 is 1.12 bits per heavy atom. The van der Waals surface area contributed by atoms with Crippen molar-refractivity contribution in [2.24, 2.45) is 4.99 Å². The fourth-order valence-electron chi connectivity index (χ4n) is 9.41. The number of benzene rings is 8. The molecule has 11 rings (SSSR count). The number of nitrogens with zero attached hydrogens (tertiary/aromatic N) is 2. The minimum atomic E-state index is -0.138. The first-order chi connectivity index (χ1) is 27.5. The quantitative estimate of drug-likeness (QED) is 0.162. The van der Waals surface area contributed by atoms with E-state index in [2.05, 4.69) is 201 Å². The zero-order valence-electron chi connectivity index (χ0n) is 31.4. The van der Waals surface area contributed by atoms with Gasteiger partial charge in [-0.2, -0.15) is 0 Å². The summed E-state index contributed by atoms with van der Waals surface area (Å²) in [6.07, 6.45) is 4.37. The summed E-state index contributed by atoms with van der Waals surface area (Å²) in [5.41, 5.74) is 15.8. The summed E-state index contributed by atoms with van der Waals surface area (Å²) in [6, 6.07) is 61.7. The van der Waals surface area contributed by atoms with Crippen molar-refractivity contribution in [3.8, 4) is 22.3 Å². The molecular formula is C54H38N2. The van der Waals surface area contributed by atoms with Crippen molar-refractivity contribution < 1.29 is 0 Å². The molecule has 56 heavy (non-hydrogen) atoms. The summed E-state index contributed by atoms with van der Waals surface area (Å²) in [5, 5.41) is 7.38. The predicted molar refractivity (Wildman–Crippen MR) is 238 cm³/mol. The number of aromatic nitrogens is 1. The van der Waals surface area contributed by atoms with E-state index < -0.39 is 0 Å². The van der Waals surface area contributed by atoms with Crippen molar-refractivity contribution in [2.75, 3.05) is 0 Å². The van der Waals surface area contributed by atoms with Crippen LogP contribution in [0.15, 0.2) is 199 Å². The first-order valence-electron chi connectivity index (χ1n) is 19.4. The highest BCUT2D eigenvalue weighted by Gasteiger charge is 2.36. The molecule has 1 aromatic heterocycles. The highest BCUT2D eigenvalue weighted by Crippen LogP contribution is 2.52. The first-order valence-corrected chi connectivity index (χ1v) is 19.4. The lowest BCUT2D eigenvalue weighted by Gasteiger charge is -2.22. The van der Waals surface area contributed by atoms with Crippen LogP contribution in [0.1, 0.15) is 36.1 Å². The molecule has 2 aliphatic rings. The van der Waals surface area contributed by atoms with Crippen LogP contribution in [0.3, 0.4) is 0 Å². The third kappa shape index (κ3) is 4.72. The Morgan fingerprint density at radius 3 is 1.89 bits per heavy atom. The fraction of sp³-hybridized carbons (Fsp3) is 0.0556. The molecule has 0 amide bonds. The van der Waals surface area contributed by atoms with Crippen molar-refractivity contribution in [3.63, 3.8) is 0 Å². The molecule has 2 nitrogen and oxygen atoms in total. The van der Waals surface area contributed by atoms with E-state index in [1.165, 1.54) is 71.2 Å². The summed E-state index contributed by atoms with van der Waals surface area (Å²) >= 11 is 0. The zero-order valence-corrected chi connectivity index (χ0v) is 31.4. The molecule has 0 spiro atoms. The van der Waals surface area contributed by atoms with Gasteiger partial charge in [0.15, 0.2) is 0 Å². The van der Waals surface area contributed by atoms with Crippen molar-refractivity contribution in [1.82, 2.24) is 4.57 Å². The van der Waals surface area contributed by atoms with Crippen LogP contribution < -0.4 is 0 Å². The molecular weight excluding hydrogens is 677 g/mol. The molecule has 2 heterocycles. The molecule has 0 bridgehead atoms. The zero-order chi connectivity index (χ0) is 37.5. The first kappa shape index (κ1) is 32.4. The van der Waals surface area contributed by atoms with Crippen LogP contribution in [0.4, 0.5) is 0 Å². The van der Waals surface area contributed by atoms with Gasteiger partial charge >= 0.3 is 0 Å². The molecule has 9 aromatic rings. The van der Waals surface area contributed by atoms with E-state index >= 15 is 0 Å². The average Bonchev–Trinajstić information content (AvgIpc) is 3.62. The van der Waals surface area contributed by atoms with E-state index in [-0.39, 0.29) is 5.41 Å². The van der Waals surface area contributed by atoms with Gasteiger partial charge in [-0.25, -0.2) is 4.99 Å². The highest BCUT2D eigenvalue weighted by atomic mass is 15.0. The molecule has 2 heteroatoms. The monoisotopic (exact) mass is 714 g/mol. The second kappa shape index (κ2) is 12.2. The van der Waals surface area contributed by atoms with Gasteiger partial charge < -0.3 is 4.57 Å². The van der Waals surface area contributed by atoms with Gasteiger partial charge in [0.05, 0.1) is 28.1 Å². The van der Waals surface area contributed by atoms with Crippen LogP contribution in [0.5, 0.6) is 0 Å². The molecule has 0 N–H and O–H groups in total. The summed E-state index contributed by atoms with van der Waals surface area (Å²) in [4.78, 5) is 5.56. The van der Waals surface area contributed by atoms with Gasteiger partial charge in [-0.15, -0.1) is 0 Å². The van der Waals surface area contributed by atoms with Crippen LogP contribution in [-0.4, -0.2) is 10.3 Å². The maximum atomic E-state index is 5.56. The Bertz CT molecular complexity index is 3190. The topological polar surface area (TPSA) is 17.3 Å². The molecule has 8 aromatic carbocycles. The predicted octanol–water partition coefficient (Wildman–Crippen LogP) is 14.0. The lowest BCUT2D eigenvalue weighted by molar-refractivity contribution is 0.661. The smallest absolute Gasteiger partial charge is 0.0950 e. The molecule has 0 saturated carbocycles. The number of allylic oxidation sites excluding steroid dienone is 4. The Morgan fingerprint density at radius 1 is 0.500 bits per heavy atom. The van der Waals surface area contributed by atoms with E-state index in [9.17, 15) is 0 Å². The maximum absolute atomic E-state index is 5.56. The fourth-order valence-corrected chi connectivity index (χ4v) is 9.41. The van der Waals surface area contributed by atoms with Gasteiger partial charge in [0.25, 0.3) is 0 Å². The Labute approximate surface area is 326 Å². The summed E-state index contributed by atoms with van der Waals surface area (Å²) in [5.74, 6) is 0. The molecule has 0 unspecified atom stereocenters. The highest BCUT2D eigenvalue weighted by molar-refractivity contribution is 6.29. The van der Waals surface area contributed by atoms with Gasteiger partial charge in [-0.3, -0.25) is 0 Å². The molecule has 0 atom stereocenters. The minimum Gasteiger partial charge on any atom is -0.306 e. The van der Waals surface area contributed by atoms with Crippen molar-refractivity contribution in [2.45, 2.75) is 19.3 Å². The van der Waals surface area contributed by atoms with Crippen LogP contribution in [0.25, 0.3) is 77.0 Å². The molecule has 1 aliphatic carbocycles. The number of rotatable bonds is 4. The third-order valence-corrected chi connectivity index (χ3v) is 12.1. The van der Waals surface area contributed by atoms with Crippen LogP contribution in [0.2, 0.25) is 0 Å². The Kier molecular flexibility index (Phi) is 7.09. The third-order valence-electron chi connectivity index (χ3n) is 12.1. The van der Waals surface area contributed by atoms with Gasteiger partial charge in [-0.05, 0) is 85.5 Å². The van der Waals surface area contributed by atoms with Crippen LogP contribution in [0, 0.1) is 0 Å². The van der Waals surface area contributed by atoms with E-state index in [0.29, 0.717) is 0 Å². The number of para-hydroxylation sites is 1. The van der Waals surface area contributed by atoms with Gasteiger partial charge in [0, 0.05) is 32.7 Å². The standard InChI is InChI=1S/C54H38N2/c1-34-27-30-49(52(37-21-11-6-12-22-37)55-51(34)36-19-9-5-10-20-36)56-48-26-16-14-24-40(48)42-29-28-41-43(35-17-7-4-8-18-35)31-38-32-45-39-23-13-15-25-46(39)54(2,3)47(45)33-44(38)50(41)53(42)56/h4-33H,1H2,2-3H3. The molecule has 0 radical (unpaired) electrons. The van der Waals surface area contributed by atoms with E-state index in [1.54, 1.807) is 0 Å². The van der Waals surface area contributed by atoms with E-state index in [4.69, 9.17) is 4.99 Å². The van der Waals surface area contributed by atoms with E-state index in [0.717, 1.165) is 39.3 Å². The SMILES string of the molecule is C=C1C=CC(n2c3ccccc3c3ccc4c(-c5ccccc5)cc5cc6c(cc5c4c32)C(C)(C)c2ccccc2-6)=C(c2ccccc2)N=C1c1ccccc1. The number of hydrogen-bond donors (Lipinski definition) is 0. The maximum Gasteiger partial charge on any atom is 0.0950 e. The summed E-state index contributed by atoms with van der Waals surface area (Å²) < 4.78 is 2.48.